The van der Waals surface area contributed by atoms with E-state index in [-0.39, 0.29) is 12.1 Å². The highest BCUT2D eigenvalue weighted by Gasteiger charge is 2.35. The standard InChI is InChI=1S/C15H18N2O/c18-11-15(5-1-6-15)17-9-12-2-3-14-10-16-7-4-13(14)8-12/h2-4,7-8,10,17-18H,1,5-6,9,11H2. The average molecular weight is 242 g/mol. The first-order valence-corrected chi connectivity index (χ1v) is 6.50. The van der Waals surface area contributed by atoms with Gasteiger partial charge < -0.3 is 10.4 Å². The fourth-order valence-corrected chi connectivity index (χ4v) is 2.53. The van der Waals surface area contributed by atoms with Gasteiger partial charge in [0.15, 0.2) is 0 Å². The Hall–Kier alpha value is -1.45. The van der Waals surface area contributed by atoms with Gasteiger partial charge in [0.2, 0.25) is 0 Å². The number of hydrogen-bond donors (Lipinski definition) is 2. The summed E-state index contributed by atoms with van der Waals surface area (Å²) in [5.41, 5.74) is 1.24. The van der Waals surface area contributed by atoms with Gasteiger partial charge in [-0.2, -0.15) is 0 Å². The first kappa shape index (κ1) is 11.6. The molecular weight excluding hydrogens is 224 g/mol. The molecule has 3 heteroatoms. The van der Waals surface area contributed by atoms with E-state index in [0.29, 0.717) is 0 Å². The lowest BCUT2D eigenvalue weighted by molar-refractivity contribution is 0.0872. The molecular formula is C15H18N2O. The fourth-order valence-electron chi connectivity index (χ4n) is 2.53. The second kappa shape index (κ2) is 4.67. The summed E-state index contributed by atoms with van der Waals surface area (Å²) in [7, 11) is 0. The first-order chi connectivity index (χ1) is 8.81. The van der Waals surface area contributed by atoms with Gasteiger partial charge in [-0.05, 0) is 42.3 Å². The number of aromatic nitrogens is 1. The van der Waals surface area contributed by atoms with Crippen LogP contribution >= 0.6 is 0 Å². The molecule has 3 nitrogen and oxygen atoms in total. The number of benzene rings is 1. The second-order valence-electron chi connectivity index (χ2n) is 5.20. The second-order valence-corrected chi connectivity index (χ2v) is 5.20. The maximum absolute atomic E-state index is 9.42. The minimum Gasteiger partial charge on any atom is -0.394 e. The van der Waals surface area contributed by atoms with E-state index in [1.807, 2.05) is 18.5 Å². The van der Waals surface area contributed by atoms with Crippen molar-refractivity contribution in [3.8, 4) is 0 Å². The van der Waals surface area contributed by atoms with Crippen LogP contribution in [0.3, 0.4) is 0 Å². The monoisotopic (exact) mass is 242 g/mol. The Morgan fingerprint density at radius 1 is 1.22 bits per heavy atom. The van der Waals surface area contributed by atoms with Crippen LogP contribution < -0.4 is 5.32 Å². The van der Waals surface area contributed by atoms with Crippen molar-refractivity contribution in [2.75, 3.05) is 6.61 Å². The van der Waals surface area contributed by atoms with Gasteiger partial charge in [0.05, 0.1) is 6.61 Å². The lowest BCUT2D eigenvalue weighted by Gasteiger charge is -2.41. The largest absolute Gasteiger partial charge is 0.394 e. The topological polar surface area (TPSA) is 45.1 Å². The molecule has 0 amide bonds. The van der Waals surface area contributed by atoms with E-state index in [0.717, 1.165) is 19.4 Å². The van der Waals surface area contributed by atoms with Gasteiger partial charge in [-0.25, -0.2) is 0 Å². The third-order valence-electron chi connectivity index (χ3n) is 3.99. The van der Waals surface area contributed by atoms with E-state index in [1.54, 1.807) is 0 Å². The number of aliphatic hydroxyl groups excluding tert-OH is 1. The van der Waals surface area contributed by atoms with Gasteiger partial charge in [-0.3, -0.25) is 4.98 Å². The van der Waals surface area contributed by atoms with Crippen molar-refractivity contribution in [1.82, 2.24) is 10.3 Å². The SMILES string of the molecule is OCC1(NCc2ccc3cnccc3c2)CCC1. The number of pyridine rings is 1. The summed E-state index contributed by atoms with van der Waals surface area (Å²) in [6.45, 7) is 1.06. The van der Waals surface area contributed by atoms with Crippen LogP contribution in [0.2, 0.25) is 0 Å². The molecule has 0 saturated heterocycles. The van der Waals surface area contributed by atoms with E-state index in [1.165, 1.54) is 22.8 Å². The zero-order valence-corrected chi connectivity index (χ0v) is 10.4. The van der Waals surface area contributed by atoms with Gasteiger partial charge in [-0.15, -0.1) is 0 Å². The molecule has 1 aromatic carbocycles. The number of aliphatic hydroxyl groups is 1. The molecule has 1 fully saturated rings. The highest BCUT2D eigenvalue weighted by Crippen LogP contribution is 2.31. The maximum Gasteiger partial charge on any atom is 0.0613 e. The summed E-state index contributed by atoms with van der Waals surface area (Å²) in [5.74, 6) is 0. The lowest BCUT2D eigenvalue weighted by atomic mass is 9.77. The van der Waals surface area contributed by atoms with Crippen LogP contribution in [0.25, 0.3) is 10.8 Å². The van der Waals surface area contributed by atoms with Crippen molar-refractivity contribution in [2.45, 2.75) is 31.3 Å². The molecule has 2 aromatic rings. The van der Waals surface area contributed by atoms with Crippen LogP contribution in [0.1, 0.15) is 24.8 Å². The summed E-state index contributed by atoms with van der Waals surface area (Å²) in [6.07, 6.45) is 7.09. The predicted molar refractivity (Wildman–Crippen MR) is 72.3 cm³/mol. The van der Waals surface area contributed by atoms with Gasteiger partial charge in [0, 0.05) is 29.9 Å². The van der Waals surface area contributed by atoms with Crippen LogP contribution in [0, 0.1) is 0 Å². The van der Waals surface area contributed by atoms with Crippen molar-refractivity contribution >= 4 is 10.8 Å². The molecule has 0 spiro atoms. The Balaban J connectivity index is 1.74. The Kier molecular flexibility index (Phi) is 3.02. The van der Waals surface area contributed by atoms with Crippen molar-refractivity contribution in [3.63, 3.8) is 0 Å². The Bertz CT molecular complexity index is 543. The molecule has 0 bridgehead atoms. The third-order valence-corrected chi connectivity index (χ3v) is 3.99. The molecule has 3 rings (SSSR count). The van der Waals surface area contributed by atoms with Crippen molar-refractivity contribution in [2.24, 2.45) is 0 Å². The highest BCUT2D eigenvalue weighted by molar-refractivity contribution is 5.81. The van der Waals surface area contributed by atoms with Gasteiger partial charge in [0.1, 0.15) is 0 Å². The molecule has 0 radical (unpaired) electrons. The Morgan fingerprint density at radius 2 is 2.11 bits per heavy atom. The lowest BCUT2D eigenvalue weighted by Crippen LogP contribution is -2.53. The number of hydrogen-bond acceptors (Lipinski definition) is 3. The van der Waals surface area contributed by atoms with E-state index >= 15 is 0 Å². The molecule has 1 aromatic heterocycles. The van der Waals surface area contributed by atoms with Gasteiger partial charge >= 0.3 is 0 Å². The van der Waals surface area contributed by atoms with E-state index in [2.05, 4.69) is 28.5 Å². The molecule has 0 atom stereocenters. The molecule has 1 heterocycles. The molecule has 18 heavy (non-hydrogen) atoms. The van der Waals surface area contributed by atoms with Crippen LogP contribution in [0.15, 0.2) is 36.7 Å². The molecule has 0 unspecified atom stereocenters. The van der Waals surface area contributed by atoms with E-state index < -0.39 is 0 Å². The smallest absolute Gasteiger partial charge is 0.0613 e. The fraction of sp³-hybridized carbons (Fsp3) is 0.400. The Labute approximate surface area is 107 Å². The quantitative estimate of drug-likeness (QED) is 0.864. The number of rotatable bonds is 4. The van der Waals surface area contributed by atoms with Crippen LogP contribution in [-0.2, 0) is 6.54 Å². The molecule has 0 aliphatic heterocycles. The van der Waals surface area contributed by atoms with Crippen molar-refractivity contribution < 1.29 is 5.11 Å². The molecule has 2 N–H and O–H groups in total. The van der Waals surface area contributed by atoms with Crippen LogP contribution in [-0.4, -0.2) is 22.2 Å². The first-order valence-electron chi connectivity index (χ1n) is 6.50. The molecule has 1 saturated carbocycles. The summed E-state index contributed by atoms with van der Waals surface area (Å²) in [4.78, 5) is 4.11. The number of nitrogens with zero attached hydrogens (tertiary/aromatic N) is 1. The van der Waals surface area contributed by atoms with Crippen molar-refractivity contribution in [1.29, 1.82) is 0 Å². The minimum atomic E-state index is -0.0206. The summed E-state index contributed by atoms with van der Waals surface area (Å²) in [5, 5.41) is 15.3. The van der Waals surface area contributed by atoms with Crippen molar-refractivity contribution in [3.05, 3.63) is 42.2 Å². The summed E-state index contributed by atoms with van der Waals surface area (Å²) >= 11 is 0. The zero-order chi connectivity index (χ0) is 12.4. The molecule has 1 aliphatic rings. The third kappa shape index (κ3) is 2.11. The van der Waals surface area contributed by atoms with E-state index in [9.17, 15) is 5.11 Å². The summed E-state index contributed by atoms with van der Waals surface area (Å²) < 4.78 is 0. The Morgan fingerprint density at radius 3 is 2.83 bits per heavy atom. The number of nitrogens with one attached hydrogen (secondary N) is 1. The van der Waals surface area contributed by atoms with E-state index in [4.69, 9.17) is 0 Å². The van der Waals surface area contributed by atoms with Crippen LogP contribution in [0.4, 0.5) is 0 Å². The summed E-state index contributed by atoms with van der Waals surface area (Å²) in [6, 6.07) is 8.45. The zero-order valence-electron chi connectivity index (χ0n) is 10.4. The minimum absolute atomic E-state index is 0.0206. The number of fused-ring (bicyclic) bond motifs is 1. The van der Waals surface area contributed by atoms with Gasteiger partial charge in [0.25, 0.3) is 0 Å². The maximum atomic E-state index is 9.42. The predicted octanol–water partition coefficient (Wildman–Crippen LogP) is 2.24. The average Bonchev–Trinajstić information content (AvgIpc) is 2.38. The molecule has 1 aliphatic carbocycles. The highest BCUT2D eigenvalue weighted by atomic mass is 16.3. The van der Waals surface area contributed by atoms with Gasteiger partial charge in [-0.1, -0.05) is 12.1 Å². The normalized spacial score (nSPS) is 17.6. The van der Waals surface area contributed by atoms with Crippen LogP contribution in [0.5, 0.6) is 0 Å². The molecule has 94 valence electrons.